The number of aliphatic hydroxyl groups excluding tert-OH is 11. The van der Waals surface area contributed by atoms with Gasteiger partial charge in [-0.2, -0.15) is 0 Å². The summed E-state index contributed by atoms with van der Waals surface area (Å²) >= 11 is 0. The van der Waals surface area contributed by atoms with E-state index in [1.807, 2.05) is 6.07 Å². The minimum atomic E-state index is -1.91. The predicted octanol–water partition coefficient (Wildman–Crippen LogP) is -6.18. The van der Waals surface area contributed by atoms with Crippen molar-refractivity contribution in [2.45, 2.75) is 92.1 Å². The largest absolute Gasteiger partial charge is 0.508 e. The van der Waals surface area contributed by atoms with Crippen molar-refractivity contribution < 1.29 is 85.0 Å². The zero-order chi connectivity index (χ0) is 30.4. The molecule has 17 nitrogen and oxygen atoms in total. The van der Waals surface area contributed by atoms with Crippen LogP contribution in [0.1, 0.15) is 0 Å². The number of para-hydroxylation sites is 1. The Hall–Kier alpha value is -1.62. The molecule has 17 heteroatoms. The summed E-state index contributed by atoms with van der Waals surface area (Å²) in [4.78, 5) is 0. The Bertz CT molecular complexity index is 890. The SMILES string of the molecule is OC[C@H]1OC(O[C@H]2[C@H](O)C(O)C(O[C@H]3C(O)C(O)C(O)O[C@@H]3CO)O[C@@H]2CO)[C@H](O)[C@@H](O)[C@@H]1O.Oc1ccccc1. The molecule has 3 aliphatic heterocycles. The predicted molar refractivity (Wildman–Crippen MR) is 129 cm³/mol. The highest BCUT2D eigenvalue weighted by molar-refractivity contribution is 5.18. The van der Waals surface area contributed by atoms with Gasteiger partial charge in [-0.1, -0.05) is 18.2 Å². The summed E-state index contributed by atoms with van der Waals surface area (Å²) in [6, 6.07) is 8.71. The first-order chi connectivity index (χ1) is 19.4. The minimum Gasteiger partial charge on any atom is -0.508 e. The lowest BCUT2D eigenvalue weighted by atomic mass is 9.96. The lowest BCUT2D eigenvalue weighted by Crippen LogP contribution is -2.66. The zero-order valence-corrected chi connectivity index (χ0v) is 21.6. The second-order valence-corrected chi connectivity index (χ2v) is 9.67. The van der Waals surface area contributed by atoms with Gasteiger partial charge in [0.05, 0.1) is 19.8 Å². The number of ether oxygens (including phenoxy) is 5. The third kappa shape index (κ3) is 7.86. The first-order valence-electron chi connectivity index (χ1n) is 12.7. The van der Waals surface area contributed by atoms with E-state index in [1.54, 1.807) is 24.3 Å². The maximum atomic E-state index is 10.6. The van der Waals surface area contributed by atoms with Crippen molar-refractivity contribution in [1.82, 2.24) is 0 Å². The number of aliphatic hydroxyl groups is 11. The molecule has 0 saturated carbocycles. The molecule has 0 aromatic heterocycles. The first-order valence-corrected chi connectivity index (χ1v) is 12.7. The van der Waals surface area contributed by atoms with Crippen LogP contribution in [0.25, 0.3) is 0 Å². The van der Waals surface area contributed by atoms with Crippen molar-refractivity contribution in [2.24, 2.45) is 0 Å². The Balaban J connectivity index is 0.000000575. The highest BCUT2D eigenvalue weighted by Gasteiger charge is 2.53. The van der Waals surface area contributed by atoms with E-state index in [2.05, 4.69) is 0 Å². The third-order valence-electron chi connectivity index (χ3n) is 6.85. The summed E-state index contributed by atoms with van der Waals surface area (Å²) in [5.74, 6) is 0.322. The Kier molecular flexibility index (Phi) is 12.6. The Labute approximate surface area is 233 Å². The van der Waals surface area contributed by atoms with Crippen LogP contribution in [0.15, 0.2) is 30.3 Å². The molecule has 1 aromatic rings. The molecule has 15 atom stereocenters. The molecule has 6 unspecified atom stereocenters. The Morgan fingerprint density at radius 2 is 0.951 bits per heavy atom. The summed E-state index contributed by atoms with van der Waals surface area (Å²) in [5, 5.41) is 118. The molecule has 4 rings (SSSR count). The van der Waals surface area contributed by atoms with E-state index in [9.17, 15) is 56.2 Å². The fraction of sp³-hybridized carbons (Fsp3) is 0.750. The molecule has 0 spiro atoms. The van der Waals surface area contributed by atoms with E-state index in [0.29, 0.717) is 5.75 Å². The smallest absolute Gasteiger partial charge is 0.187 e. The topological polar surface area (TPSA) is 289 Å². The van der Waals surface area contributed by atoms with Crippen LogP contribution >= 0.6 is 0 Å². The van der Waals surface area contributed by atoms with Gasteiger partial charge in [0.25, 0.3) is 0 Å². The highest BCUT2D eigenvalue weighted by Crippen LogP contribution is 2.32. The number of rotatable bonds is 7. The minimum absolute atomic E-state index is 0.322. The second-order valence-electron chi connectivity index (χ2n) is 9.67. The fourth-order valence-electron chi connectivity index (χ4n) is 4.49. The van der Waals surface area contributed by atoms with Crippen molar-refractivity contribution in [1.29, 1.82) is 0 Å². The van der Waals surface area contributed by atoms with Gasteiger partial charge >= 0.3 is 0 Å². The van der Waals surface area contributed by atoms with Gasteiger partial charge in [-0.05, 0) is 12.1 Å². The van der Waals surface area contributed by atoms with Gasteiger partial charge < -0.3 is 85.0 Å². The van der Waals surface area contributed by atoms with Gasteiger partial charge in [0, 0.05) is 0 Å². The van der Waals surface area contributed by atoms with Crippen LogP contribution in [0.3, 0.4) is 0 Å². The quantitative estimate of drug-likeness (QED) is 0.139. The second kappa shape index (κ2) is 15.2. The van der Waals surface area contributed by atoms with Gasteiger partial charge in [-0.15, -0.1) is 0 Å². The molecular weight excluding hydrogens is 560 g/mol. The molecular formula is C24H38O17. The van der Waals surface area contributed by atoms with Crippen molar-refractivity contribution in [2.75, 3.05) is 19.8 Å². The monoisotopic (exact) mass is 598 g/mol. The normalized spacial score (nSPS) is 45.0. The molecule has 0 radical (unpaired) electrons. The molecule has 0 bridgehead atoms. The van der Waals surface area contributed by atoms with E-state index >= 15 is 0 Å². The highest BCUT2D eigenvalue weighted by atomic mass is 16.8. The fourth-order valence-corrected chi connectivity index (χ4v) is 4.49. The average Bonchev–Trinajstić information content (AvgIpc) is 2.97. The van der Waals surface area contributed by atoms with Gasteiger partial charge in [0.1, 0.15) is 79.0 Å². The maximum absolute atomic E-state index is 10.6. The van der Waals surface area contributed by atoms with Gasteiger partial charge in [0.15, 0.2) is 18.9 Å². The molecule has 3 fully saturated rings. The molecule has 12 N–H and O–H groups in total. The molecule has 3 heterocycles. The van der Waals surface area contributed by atoms with E-state index in [1.165, 1.54) is 0 Å². The molecule has 0 aliphatic carbocycles. The van der Waals surface area contributed by atoms with Crippen LogP contribution in [0.2, 0.25) is 0 Å². The lowest BCUT2D eigenvalue weighted by molar-refractivity contribution is -0.377. The van der Waals surface area contributed by atoms with E-state index in [0.717, 1.165) is 0 Å². The molecule has 236 valence electrons. The summed E-state index contributed by atoms with van der Waals surface area (Å²) in [6.07, 6.45) is -25.1. The summed E-state index contributed by atoms with van der Waals surface area (Å²) < 4.78 is 26.4. The summed E-state index contributed by atoms with van der Waals surface area (Å²) in [7, 11) is 0. The number of hydrogen-bond acceptors (Lipinski definition) is 17. The molecule has 3 aliphatic rings. The Morgan fingerprint density at radius 1 is 0.512 bits per heavy atom. The van der Waals surface area contributed by atoms with Crippen molar-refractivity contribution in [3.05, 3.63) is 30.3 Å². The van der Waals surface area contributed by atoms with Crippen LogP contribution in [0.5, 0.6) is 5.75 Å². The van der Waals surface area contributed by atoms with E-state index in [-0.39, 0.29) is 0 Å². The maximum Gasteiger partial charge on any atom is 0.187 e. The number of aromatic hydroxyl groups is 1. The Morgan fingerprint density at radius 3 is 1.41 bits per heavy atom. The third-order valence-corrected chi connectivity index (χ3v) is 6.85. The van der Waals surface area contributed by atoms with Gasteiger partial charge in [-0.25, -0.2) is 0 Å². The number of phenolic OH excluding ortho intramolecular Hbond substituents is 1. The number of benzene rings is 1. The molecule has 0 amide bonds. The van der Waals surface area contributed by atoms with Crippen LogP contribution in [-0.2, 0) is 23.7 Å². The van der Waals surface area contributed by atoms with Crippen LogP contribution in [0.4, 0.5) is 0 Å². The van der Waals surface area contributed by atoms with Crippen LogP contribution in [-0.4, -0.2) is 173 Å². The molecule has 1 aromatic carbocycles. The van der Waals surface area contributed by atoms with Crippen LogP contribution in [0, 0.1) is 0 Å². The number of phenols is 1. The lowest BCUT2D eigenvalue weighted by Gasteiger charge is -2.47. The van der Waals surface area contributed by atoms with Gasteiger partial charge in [0.2, 0.25) is 0 Å². The zero-order valence-electron chi connectivity index (χ0n) is 21.6. The summed E-state index contributed by atoms with van der Waals surface area (Å²) in [5.41, 5.74) is 0. The number of hydrogen-bond donors (Lipinski definition) is 12. The van der Waals surface area contributed by atoms with Crippen molar-refractivity contribution >= 4 is 0 Å². The van der Waals surface area contributed by atoms with Crippen LogP contribution < -0.4 is 0 Å². The van der Waals surface area contributed by atoms with Crippen molar-refractivity contribution in [3.63, 3.8) is 0 Å². The average molecular weight is 599 g/mol. The summed E-state index contributed by atoms with van der Waals surface area (Å²) in [6.45, 7) is -2.32. The standard InChI is InChI=1S/C18H32O16.C6H6O/c19-1-4-7(22)8(23)12(27)17(31-4)34-15-6(3-21)32-18(13(28)10(15)25)33-14-5(2-20)30-16(29)11(26)9(14)24;7-6-4-2-1-3-5-6/h4-29H,1-3H2;1-5,7H/t4-,5-,6-,7-,8+,9?,10-,11?,12-,13?,14-,15-,16?,17?,18?;/m1./s1. The first kappa shape index (κ1) is 33.9. The van der Waals surface area contributed by atoms with Crippen molar-refractivity contribution in [3.8, 4) is 5.75 Å². The molecule has 41 heavy (non-hydrogen) atoms. The van der Waals surface area contributed by atoms with Gasteiger partial charge in [-0.3, -0.25) is 0 Å². The van der Waals surface area contributed by atoms with E-state index < -0.39 is 112 Å². The van der Waals surface area contributed by atoms with E-state index in [4.69, 9.17) is 28.8 Å². The molecule has 3 saturated heterocycles.